The number of rotatable bonds is 37. The molecule has 0 aromatic carbocycles. The van der Waals surface area contributed by atoms with Gasteiger partial charge in [0, 0.05) is 6.42 Å². The van der Waals surface area contributed by atoms with Crippen LogP contribution in [-0.4, -0.2) is 73.4 Å². The first kappa shape index (κ1) is 51.2. The number of nitrogens with zero attached hydrogens (tertiary/aromatic N) is 1. The van der Waals surface area contributed by atoms with E-state index in [1.54, 1.807) is 6.08 Å². The van der Waals surface area contributed by atoms with Crippen LogP contribution >= 0.6 is 7.82 Å². The molecule has 0 aliphatic carbocycles. The molecular formula is C44H82N2O6P+. The summed E-state index contributed by atoms with van der Waals surface area (Å²) in [5, 5.41) is 13.7. The summed E-state index contributed by atoms with van der Waals surface area (Å²) in [6.45, 7) is 4.63. The monoisotopic (exact) mass is 766 g/mol. The maximum Gasteiger partial charge on any atom is 0.472 e. The first-order valence-corrected chi connectivity index (χ1v) is 22.7. The van der Waals surface area contributed by atoms with Crippen molar-refractivity contribution in [3.05, 3.63) is 60.8 Å². The first-order chi connectivity index (χ1) is 25.5. The molecule has 3 unspecified atom stereocenters. The lowest BCUT2D eigenvalue weighted by Gasteiger charge is -2.25. The lowest BCUT2D eigenvalue weighted by atomic mass is 10.0. The minimum Gasteiger partial charge on any atom is -0.387 e. The Morgan fingerprint density at radius 2 is 1.13 bits per heavy atom. The molecular weight excluding hydrogens is 683 g/mol. The molecule has 0 radical (unpaired) electrons. The quantitative estimate of drug-likeness (QED) is 0.0252. The predicted octanol–water partition coefficient (Wildman–Crippen LogP) is 11.5. The molecule has 0 aliphatic heterocycles. The molecule has 53 heavy (non-hydrogen) atoms. The molecule has 3 N–H and O–H groups in total. The fourth-order valence-electron chi connectivity index (χ4n) is 5.62. The Kier molecular flexibility index (Phi) is 34.7. The van der Waals surface area contributed by atoms with Gasteiger partial charge in [-0.25, -0.2) is 4.57 Å². The van der Waals surface area contributed by atoms with E-state index in [2.05, 4.69) is 67.8 Å². The van der Waals surface area contributed by atoms with Crippen LogP contribution in [0.5, 0.6) is 0 Å². The second-order valence-corrected chi connectivity index (χ2v) is 16.8. The van der Waals surface area contributed by atoms with Gasteiger partial charge in [-0.15, -0.1) is 0 Å². The fourth-order valence-corrected chi connectivity index (χ4v) is 6.35. The minimum absolute atomic E-state index is 0.0578. The van der Waals surface area contributed by atoms with Crippen LogP contribution in [0.2, 0.25) is 0 Å². The number of phosphoric acid groups is 1. The molecule has 8 nitrogen and oxygen atoms in total. The van der Waals surface area contributed by atoms with Crippen molar-refractivity contribution in [2.75, 3.05) is 40.9 Å². The maximum absolute atomic E-state index is 12.8. The zero-order chi connectivity index (χ0) is 39.3. The minimum atomic E-state index is -4.33. The Labute approximate surface area is 326 Å². The standard InChI is InChI=1S/C44H81N2O6P/c1-6-8-10-12-14-16-17-18-19-20-21-22-23-24-25-26-27-28-29-30-32-34-36-38-44(48)45-42(41-52-53(49,50)51-40-39-46(3,4)5)43(47)37-35-33-31-15-13-11-9-7-2/h8,10,14,16,18-19,21-22,35,37,42-43,47H,6-7,9,11-13,15,17,20,23-34,36,38-41H2,1-5H3,(H-,45,48,49,50)/p+1/b10-8-,16-14-,19-18-,22-21-,37-35+. The number of carbonyl (C=O) groups excluding carboxylic acids is 1. The van der Waals surface area contributed by atoms with Crippen molar-refractivity contribution in [2.45, 2.75) is 174 Å². The number of aliphatic hydroxyl groups excluding tert-OH is 1. The van der Waals surface area contributed by atoms with Gasteiger partial charge in [-0.2, -0.15) is 0 Å². The molecule has 1 amide bonds. The number of aliphatic hydroxyl groups is 1. The molecule has 308 valence electrons. The van der Waals surface area contributed by atoms with E-state index in [1.165, 1.54) is 77.0 Å². The highest BCUT2D eigenvalue weighted by Gasteiger charge is 2.27. The average molecular weight is 766 g/mol. The lowest BCUT2D eigenvalue weighted by molar-refractivity contribution is -0.870. The van der Waals surface area contributed by atoms with Crippen molar-refractivity contribution in [2.24, 2.45) is 0 Å². The number of phosphoric ester groups is 1. The van der Waals surface area contributed by atoms with E-state index in [-0.39, 0.29) is 19.1 Å². The number of amides is 1. The first-order valence-electron chi connectivity index (χ1n) is 21.2. The molecule has 0 rings (SSSR count). The van der Waals surface area contributed by atoms with Gasteiger partial charge in [0.1, 0.15) is 13.2 Å². The molecule has 3 atom stereocenters. The molecule has 0 fully saturated rings. The Bertz CT molecular complexity index is 1050. The summed E-state index contributed by atoms with van der Waals surface area (Å²) >= 11 is 0. The van der Waals surface area contributed by atoms with Crippen LogP contribution in [0.1, 0.15) is 162 Å². The van der Waals surface area contributed by atoms with Gasteiger partial charge in [0.2, 0.25) is 5.91 Å². The third-order valence-electron chi connectivity index (χ3n) is 8.99. The number of unbranched alkanes of at least 4 members (excludes halogenated alkanes) is 16. The molecule has 9 heteroatoms. The van der Waals surface area contributed by atoms with E-state index in [0.29, 0.717) is 17.4 Å². The van der Waals surface area contributed by atoms with Crippen LogP contribution in [0.4, 0.5) is 0 Å². The Balaban J connectivity index is 4.25. The molecule has 0 aromatic heterocycles. The van der Waals surface area contributed by atoms with Crippen LogP contribution in [0.25, 0.3) is 0 Å². The van der Waals surface area contributed by atoms with Gasteiger partial charge in [-0.05, 0) is 57.8 Å². The number of nitrogens with one attached hydrogen (secondary N) is 1. The smallest absolute Gasteiger partial charge is 0.387 e. The molecule has 0 heterocycles. The molecule has 0 aromatic rings. The van der Waals surface area contributed by atoms with E-state index in [0.717, 1.165) is 64.2 Å². The summed E-state index contributed by atoms with van der Waals surface area (Å²) in [7, 11) is 1.56. The van der Waals surface area contributed by atoms with E-state index < -0.39 is 20.0 Å². The topological polar surface area (TPSA) is 105 Å². The Morgan fingerprint density at radius 3 is 1.66 bits per heavy atom. The van der Waals surface area contributed by atoms with Crippen molar-refractivity contribution in [3.8, 4) is 0 Å². The number of hydrogen-bond donors (Lipinski definition) is 3. The van der Waals surface area contributed by atoms with Crippen molar-refractivity contribution in [3.63, 3.8) is 0 Å². The van der Waals surface area contributed by atoms with Crippen molar-refractivity contribution in [1.29, 1.82) is 0 Å². The second kappa shape index (κ2) is 35.9. The van der Waals surface area contributed by atoms with E-state index >= 15 is 0 Å². The van der Waals surface area contributed by atoms with Crippen molar-refractivity contribution >= 4 is 13.7 Å². The van der Waals surface area contributed by atoms with Crippen LogP contribution in [-0.2, 0) is 18.4 Å². The number of likely N-dealkylation sites (N-methyl/N-ethyl adjacent to an activating group) is 1. The molecule has 0 saturated carbocycles. The molecule has 0 saturated heterocycles. The lowest BCUT2D eigenvalue weighted by Crippen LogP contribution is -2.45. The second-order valence-electron chi connectivity index (χ2n) is 15.3. The maximum atomic E-state index is 12.8. The van der Waals surface area contributed by atoms with Gasteiger partial charge in [-0.1, -0.05) is 158 Å². The largest absolute Gasteiger partial charge is 0.472 e. The number of quaternary nitrogens is 1. The third-order valence-corrected chi connectivity index (χ3v) is 9.98. The zero-order valence-electron chi connectivity index (χ0n) is 34.7. The highest BCUT2D eigenvalue weighted by atomic mass is 31.2. The normalized spacial score (nSPS) is 15.1. The van der Waals surface area contributed by atoms with Gasteiger partial charge in [0.05, 0.1) is 39.9 Å². The fraction of sp³-hybridized carbons (Fsp3) is 0.750. The van der Waals surface area contributed by atoms with Gasteiger partial charge in [0.25, 0.3) is 0 Å². The Morgan fingerprint density at radius 1 is 0.660 bits per heavy atom. The van der Waals surface area contributed by atoms with Crippen LogP contribution in [0.15, 0.2) is 60.8 Å². The van der Waals surface area contributed by atoms with Crippen LogP contribution in [0, 0.1) is 0 Å². The highest BCUT2D eigenvalue weighted by Crippen LogP contribution is 2.43. The SMILES string of the molecule is CC/C=C\C/C=C\C/C=C\C/C=C\CCCCCCCCCCCCC(=O)NC(COP(=O)(O)OCC[N+](C)(C)C)C(O)/C=C/CCCCCCCC. The van der Waals surface area contributed by atoms with E-state index in [1.807, 2.05) is 27.2 Å². The summed E-state index contributed by atoms with van der Waals surface area (Å²) in [5.74, 6) is -0.189. The summed E-state index contributed by atoms with van der Waals surface area (Å²) in [4.78, 5) is 23.0. The number of hydrogen-bond acceptors (Lipinski definition) is 5. The van der Waals surface area contributed by atoms with E-state index in [4.69, 9.17) is 9.05 Å². The number of allylic oxidation sites excluding steroid dienone is 9. The van der Waals surface area contributed by atoms with Crippen molar-refractivity contribution in [1.82, 2.24) is 5.32 Å². The van der Waals surface area contributed by atoms with Crippen LogP contribution in [0.3, 0.4) is 0 Å². The highest BCUT2D eigenvalue weighted by molar-refractivity contribution is 7.47. The van der Waals surface area contributed by atoms with Gasteiger partial charge in [-0.3, -0.25) is 13.8 Å². The molecule has 0 spiro atoms. The zero-order valence-corrected chi connectivity index (χ0v) is 35.6. The molecule has 0 bridgehead atoms. The van der Waals surface area contributed by atoms with Gasteiger partial charge < -0.3 is 19.8 Å². The van der Waals surface area contributed by atoms with Gasteiger partial charge >= 0.3 is 7.82 Å². The predicted molar refractivity (Wildman–Crippen MR) is 226 cm³/mol. The molecule has 0 aliphatic rings. The third kappa shape index (κ3) is 38.3. The van der Waals surface area contributed by atoms with E-state index in [9.17, 15) is 19.4 Å². The summed E-state index contributed by atoms with van der Waals surface area (Å²) in [6.07, 6.45) is 45.9. The van der Waals surface area contributed by atoms with Crippen molar-refractivity contribution < 1.29 is 32.9 Å². The summed E-state index contributed by atoms with van der Waals surface area (Å²) in [6, 6.07) is -0.848. The summed E-state index contributed by atoms with van der Waals surface area (Å²) < 4.78 is 23.4. The Hall–Kier alpha value is -1.80. The average Bonchev–Trinajstić information content (AvgIpc) is 3.10. The van der Waals surface area contributed by atoms with Gasteiger partial charge in [0.15, 0.2) is 0 Å². The summed E-state index contributed by atoms with van der Waals surface area (Å²) in [5.41, 5.74) is 0. The van der Waals surface area contributed by atoms with Crippen LogP contribution < -0.4 is 5.32 Å². The number of carbonyl (C=O) groups is 1.